The van der Waals surface area contributed by atoms with E-state index >= 15 is 0 Å². The molecule has 4 heteroatoms. The van der Waals surface area contributed by atoms with E-state index in [0.717, 1.165) is 19.8 Å². The summed E-state index contributed by atoms with van der Waals surface area (Å²) in [4.78, 5) is 0. The van der Waals surface area contributed by atoms with Gasteiger partial charge in [0.05, 0.1) is 13.1 Å². The van der Waals surface area contributed by atoms with Crippen molar-refractivity contribution in [3.63, 3.8) is 0 Å². The summed E-state index contributed by atoms with van der Waals surface area (Å²) in [5, 5.41) is 0. The van der Waals surface area contributed by atoms with Crippen molar-refractivity contribution in [3.8, 4) is 0 Å². The predicted octanol–water partition coefficient (Wildman–Crippen LogP) is 0.410. The van der Waals surface area contributed by atoms with Gasteiger partial charge >= 0.3 is 0 Å². The van der Waals surface area contributed by atoms with Gasteiger partial charge in [0.1, 0.15) is 24.8 Å². The van der Waals surface area contributed by atoms with Gasteiger partial charge in [0, 0.05) is 0 Å². The number of imidazole rings is 2. The van der Waals surface area contributed by atoms with Crippen LogP contribution in [0.25, 0.3) is 0 Å². The van der Waals surface area contributed by atoms with Crippen LogP contribution in [0.3, 0.4) is 0 Å². The molecule has 4 nitrogen and oxygen atoms in total. The summed E-state index contributed by atoms with van der Waals surface area (Å²) >= 11 is 0. The van der Waals surface area contributed by atoms with Crippen molar-refractivity contribution in [2.75, 3.05) is 0 Å². The Hall–Kier alpha value is -1.58. The van der Waals surface area contributed by atoms with Crippen LogP contribution in [-0.4, -0.2) is 9.13 Å². The maximum Gasteiger partial charge on any atom is 0.246 e. The lowest BCUT2D eigenvalue weighted by Gasteiger charge is -1.91. The lowest BCUT2D eigenvalue weighted by atomic mass is 10.7. The number of rotatable bonds is 4. The predicted molar refractivity (Wildman–Crippen MR) is 56.0 cm³/mol. The summed E-state index contributed by atoms with van der Waals surface area (Å²) in [5.74, 6) is 0. The number of nitrogens with zero attached hydrogens (tertiary/aromatic N) is 4. The van der Waals surface area contributed by atoms with Crippen LogP contribution in [0.5, 0.6) is 0 Å². The quantitative estimate of drug-likeness (QED) is 0.645. The molecule has 0 atom stereocenters. The molecule has 0 radical (unpaired) electrons. The van der Waals surface area contributed by atoms with Crippen molar-refractivity contribution in [1.82, 2.24) is 9.13 Å². The fourth-order valence-corrected chi connectivity index (χ4v) is 1.61. The molecule has 0 N–H and O–H groups in total. The molecule has 0 fully saturated rings. The average molecular weight is 206 g/mol. The van der Waals surface area contributed by atoms with Crippen LogP contribution in [0.15, 0.2) is 37.4 Å². The van der Waals surface area contributed by atoms with E-state index in [-0.39, 0.29) is 0 Å². The number of hydrogen-bond acceptors (Lipinski definition) is 0. The fourth-order valence-electron chi connectivity index (χ4n) is 1.61. The van der Waals surface area contributed by atoms with Crippen molar-refractivity contribution in [3.05, 3.63) is 37.4 Å². The topological polar surface area (TPSA) is 17.6 Å². The van der Waals surface area contributed by atoms with E-state index in [0.29, 0.717) is 0 Å². The molecule has 0 aliphatic heterocycles. The molecule has 2 rings (SSSR count). The molecule has 0 aliphatic rings. The second kappa shape index (κ2) is 4.29. The SMILES string of the molecule is CC[n+]1ccn(Cn2cc[n+](CC)c2)c1. The first-order chi connectivity index (χ1) is 7.31. The van der Waals surface area contributed by atoms with Gasteiger partial charge < -0.3 is 0 Å². The zero-order valence-electron chi connectivity index (χ0n) is 9.37. The van der Waals surface area contributed by atoms with Gasteiger partial charge in [-0.05, 0) is 13.8 Å². The van der Waals surface area contributed by atoms with Gasteiger partial charge in [-0.15, -0.1) is 0 Å². The molecular weight excluding hydrogens is 188 g/mol. The Morgan fingerprint density at radius 2 is 1.33 bits per heavy atom. The van der Waals surface area contributed by atoms with E-state index in [9.17, 15) is 0 Å². The van der Waals surface area contributed by atoms with Gasteiger partial charge in [-0.3, -0.25) is 0 Å². The van der Waals surface area contributed by atoms with E-state index in [4.69, 9.17) is 0 Å². The molecule has 80 valence electrons. The third kappa shape index (κ3) is 2.26. The monoisotopic (exact) mass is 206 g/mol. The number of aryl methyl sites for hydroxylation is 2. The summed E-state index contributed by atoms with van der Waals surface area (Å²) in [6.45, 7) is 7.21. The van der Waals surface area contributed by atoms with Crippen LogP contribution in [0.1, 0.15) is 13.8 Å². The largest absolute Gasteiger partial charge is 0.246 e. The summed E-state index contributed by atoms with van der Waals surface area (Å²) < 4.78 is 8.67. The normalized spacial score (nSPS) is 10.8. The first-order valence-corrected chi connectivity index (χ1v) is 5.41. The highest BCUT2D eigenvalue weighted by Gasteiger charge is 2.06. The molecule has 0 spiro atoms. The molecule has 0 bridgehead atoms. The van der Waals surface area contributed by atoms with E-state index in [1.54, 1.807) is 0 Å². The minimum Gasteiger partial charge on any atom is -0.237 e. The summed E-state index contributed by atoms with van der Waals surface area (Å²) in [7, 11) is 0. The molecule has 0 aliphatic carbocycles. The van der Waals surface area contributed by atoms with E-state index in [1.165, 1.54) is 0 Å². The highest BCUT2D eigenvalue weighted by molar-refractivity contribution is 4.71. The van der Waals surface area contributed by atoms with Crippen LogP contribution in [-0.2, 0) is 19.8 Å². The Morgan fingerprint density at radius 1 is 0.867 bits per heavy atom. The minimum absolute atomic E-state index is 0.875. The molecule has 0 unspecified atom stereocenters. The maximum atomic E-state index is 2.17. The second-order valence-corrected chi connectivity index (χ2v) is 3.66. The number of hydrogen-bond donors (Lipinski definition) is 0. The first-order valence-electron chi connectivity index (χ1n) is 5.41. The van der Waals surface area contributed by atoms with Crippen LogP contribution in [0.4, 0.5) is 0 Å². The smallest absolute Gasteiger partial charge is 0.237 e. The zero-order valence-corrected chi connectivity index (χ0v) is 9.37. The first kappa shape index (κ1) is 9.96. The molecule has 0 aromatic carbocycles. The zero-order chi connectivity index (χ0) is 10.7. The molecule has 0 saturated heterocycles. The van der Waals surface area contributed by atoms with E-state index in [2.05, 4.69) is 69.6 Å². The lowest BCUT2D eigenvalue weighted by molar-refractivity contribution is -0.693. The standard InChI is InChI=1S/C11H18N4/c1-3-12-5-7-14(9-12)11-15-8-6-13(4-2)10-15/h5-10H,3-4,11H2,1-2H3/q+2. The van der Waals surface area contributed by atoms with Crippen molar-refractivity contribution in [2.45, 2.75) is 33.6 Å². The van der Waals surface area contributed by atoms with E-state index in [1.807, 2.05) is 0 Å². The number of aromatic nitrogens is 4. The van der Waals surface area contributed by atoms with Gasteiger partial charge in [-0.1, -0.05) is 0 Å². The fraction of sp³-hybridized carbons (Fsp3) is 0.455. The Kier molecular flexibility index (Phi) is 2.85. The average Bonchev–Trinajstić information content (AvgIpc) is 2.87. The lowest BCUT2D eigenvalue weighted by Crippen LogP contribution is -2.30. The second-order valence-electron chi connectivity index (χ2n) is 3.66. The van der Waals surface area contributed by atoms with Gasteiger partial charge in [0.25, 0.3) is 0 Å². The third-order valence-corrected chi connectivity index (χ3v) is 2.55. The van der Waals surface area contributed by atoms with E-state index < -0.39 is 0 Å². The molecule has 2 aromatic rings. The van der Waals surface area contributed by atoms with Crippen molar-refractivity contribution < 1.29 is 9.13 Å². The van der Waals surface area contributed by atoms with Crippen molar-refractivity contribution >= 4 is 0 Å². The Balaban J connectivity index is 2.07. The van der Waals surface area contributed by atoms with Crippen LogP contribution in [0, 0.1) is 0 Å². The minimum atomic E-state index is 0.875. The molecular formula is C11H18N4+2. The van der Waals surface area contributed by atoms with Gasteiger partial charge in [0.15, 0.2) is 0 Å². The molecule has 0 amide bonds. The summed E-state index contributed by atoms with van der Waals surface area (Å²) in [6.07, 6.45) is 12.6. The Bertz CT molecular complexity index is 387. The Labute approximate surface area is 90.0 Å². The van der Waals surface area contributed by atoms with Crippen LogP contribution >= 0.6 is 0 Å². The molecule has 2 heterocycles. The van der Waals surface area contributed by atoms with Gasteiger partial charge in [-0.2, -0.15) is 9.13 Å². The highest BCUT2D eigenvalue weighted by atomic mass is 15.2. The van der Waals surface area contributed by atoms with Gasteiger partial charge in [-0.25, -0.2) is 9.13 Å². The van der Waals surface area contributed by atoms with Gasteiger partial charge in [0.2, 0.25) is 19.3 Å². The maximum absolute atomic E-state index is 2.17. The molecule has 2 aromatic heterocycles. The van der Waals surface area contributed by atoms with Crippen LogP contribution < -0.4 is 9.13 Å². The van der Waals surface area contributed by atoms with Crippen molar-refractivity contribution in [2.24, 2.45) is 0 Å². The van der Waals surface area contributed by atoms with Crippen LogP contribution in [0.2, 0.25) is 0 Å². The summed E-state index contributed by atoms with van der Waals surface area (Å²) in [5.41, 5.74) is 0. The Morgan fingerprint density at radius 3 is 1.67 bits per heavy atom. The molecule has 0 saturated carbocycles. The summed E-state index contributed by atoms with van der Waals surface area (Å²) in [6, 6.07) is 0. The molecule has 15 heavy (non-hydrogen) atoms. The third-order valence-electron chi connectivity index (χ3n) is 2.55. The van der Waals surface area contributed by atoms with Crippen molar-refractivity contribution in [1.29, 1.82) is 0 Å². The highest BCUT2D eigenvalue weighted by Crippen LogP contribution is 1.89.